The van der Waals surface area contributed by atoms with E-state index in [9.17, 15) is 9.18 Å². The van der Waals surface area contributed by atoms with Crippen molar-refractivity contribution in [2.45, 2.75) is 31.9 Å². The fourth-order valence-electron chi connectivity index (χ4n) is 1.05. The van der Waals surface area contributed by atoms with Gasteiger partial charge in [-0.15, -0.1) is 0 Å². The van der Waals surface area contributed by atoms with Crippen molar-refractivity contribution in [3.63, 3.8) is 0 Å². The molecule has 1 amide bonds. The van der Waals surface area contributed by atoms with Gasteiger partial charge in [-0.1, -0.05) is 0 Å². The van der Waals surface area contributed by atoms with Gasteiger partial charge in [0.25, 0.3) is 0 Å². The summed E-state index contributed by atoms with van der Waals surface area (Å²) in [5.74, 6) is 0. The molecule has 1 fully saturated rings. The minimum atomic E-state index is -0.859. The van der Waals surface area contributed by atoms with E-state index in [2.05, 4.69) is 5.32 Å². The van der Waals surface area contributed by atoms with Crippen molar-refractivity contribution in [1.29, 1.82) is 0 Å². The first-order valence-electron chi connectivity index (χ1n) is 4.52. The molecular formula is C9H16FNO3. The Labute approximate surface area is 82.8 Å². The van der Waals surface area contributed by atoms with E-state index in [1.165, 1.54) is 0 Å². The number of ether oxygens (including phenoxy) is 2. The Hall–Kier alpha value is -0.840. The lowest BCUT2D eigenvalue weighted by Crippen LogP contribution is -2.64. The summed E-state index contributed by atoms with van der Waals surface area (Å²) in [6, 6.07) is 0. The average molecular weight is 205 g/mol. The molecule has 0 aromatic heterocycles. The van der Waals surface area contributed by atoms with Crippen LogP contribution in [0.5, 0.6) is 0 Å². The molecule has 1 aliphatic rings. The number of carbonyl (C=O) groups is 1. The maximum atomic E-state index is 12.5. The number of amides is 1. The SMILES string of the molecule is CC(C)(C)OC(=O)NC1(CF)COC1. The van der Waals surface area contributed by atoms with Crippen molar-refractivity contribution in [3.05, 3.63) is 0 Å². The molecule has 14 heavy (non-hydrogen) atoms. The molecule has 5 heteroatoms. The van der Waals surface area contributed by atoms with Gasteiger partial charge in [0.15, 0.2) is 0 Å². The van der Waals surface area contributed by atoms with E-state index in [1.54, 1.807) is 20.8 Å². The Morgan fingerprint density at radius 1 is 1.57 bits per heavy atom. The van der Waals surface area contributed by atoms with Crippen LogP contribution in [0, 0.1) is 0 Å². The number of hydrogen-bond donors (Lipinski definition) is 1. The Balaban J connectivity index is 2.40. The minimum Gasteiger partial charge on any atom is -0.444 e. The number of rotatable bonds is 2. The summed E-state index contributed by atoms with van der Waals surface area (Å²) >= 11 is 0. The second-order valence-corrected chi connectivity index (χ2v) is 4.53. The van der Waals surface area contributed by atoms with Crippen molar-refractivity contribution in [1.82, 2.24) is 5.32 Å². The van der Waals surface area contributed by atoms with Crippen LogP contribution in [-0.4, -0.2) is 37.1 Å². The molecular weight excluding hydrogens is 189 g/mol. The van der Waals surface area contributed by atoms with E-state index in [-0.39, 0.29) is 13.2 Å². The zero-order valence-corrected chi connectivity index (χ0v) is 8.72. The smallest absolute Gasteiger partial charge is 0.408 e. The fourth-order valence-corrected chi connectivity index (χ4v) is 1.05. The van der Waals surface area contributed by atoms with Gasteiger partial charge in [0.1, 0.15) is 17.8 Å². The number of halogens is 1. The first-order valence-corrected chi connectivity index (χ1v) is 4.52. The van der Waals surface area contributed by atoms with E-state index in [4.69, 9.17) is 9.47 Å². The third-order valence-corrected chi connectivity index (χ3v) is 1.78. The van der Waals surface area contributed by atoms with Gasteiger partial charge in [-0.05, 0) is 20.8 Å². The van der Waals surface area contributed by atoms with Crippen LogP contribution in [0.4, 0.5) is 9.18 Å². The summed E-state index contributed by atoms with van der Waals surface area (Å²) in [5, 5.41) is 2.47. The van der Waals surface area contributed by atoms with Crippen molar-refractivity contribution in [2.75, 3.05) is 19.9 Å². The molecule has 0 aromatic rings. The highest BCUT2D eigenvalue weighted by Crippen LogP contribution is 2.18. The van der Waals surface area contributed by atoms with E-state index in [0.717, 1.165) is 0 Å². The van der Waals surface area contributed by atoms with Crippen LogP contribution in [0.2, 0.25) is 0 Å². The highest BCUT2D eigenvalue weighted by Gasteiger charge is 2.41. The van der Waals surface area contributed by atoms with Crippen molar-refractivity contribution < 1.29 is 18.7 Å². The van der Waals surface area contributed by atoms with Crippen LogP contribution >= 0.6 is 0 Å². The van der Waals surface area contributed by atoms with Crippen molar-refractivity contribution >= 4 is 6.09 Å². The molecule has 1 N–H and O–H groups in total. The topological polar surface area (TPSA) is 47.6 Å². The average Bonchev–Trinajstić information content (AvgIpc) is 1.93. The number of alkyl halides is 1. The predicted octanol–water partition coefficient (Wildman–Crippen LogP) is 1.25. The molecule has 0 atom stereocenters. The highest BCUT2D eigenvalue weighted by molar-refractivity contribution is 5.69. The second-order valence-electron chi connectivity index (χ2n) is 4.53. The van der Waals surface area contributed by atoms with Crippen molar-refractivity contribution in [3.8, 4) is 0 Å². The lowest BCUT2D eigenvalue weighted by atomic mass is 10.0. The minimum absolute atomic E-state index is 0.211. The van der Waals surface area contributed by atoms with Crippen molar-refractivity contribution in [2.24, 2.45) is 0 Å². The molecule has 0 radical (unpaired) electrons. The first-order chi connectivity index (χ1) is 6.37. The number of nitrogens with one attached hydrogen (secondary N) is 1. The molecule has 82 valence electrons. The monoisotopic (exact) mass is 205 g/mol. The summed E-state index contributed by atoms with van der Waals surface area (Å²) in [4.78, 5) is 11.3. The predicted molar refractivity (Wildman–Crippen MR) is 48.9 cm³/mol. The third-order valence-electron chi connectivity index (χ3n) is 1.78. The van der Waals surface area contributed by atoms with E-state index in [1.807, 2.05) is 0 Å². The maximum absolute atomic E-state index is 12.5. The van der Waals surface area contributed by atoms with Crippen LogP contribution in [-0.2, 0) is 9.47 Å². The lowest BCUT2D eigenvalue weighted by molar-refractivity contribution is -0.0849. The van der Waals surface area contributed by atoms with Gasteiger partial charge in [-0.25, -0.2) is 9.18 Å². The zero-order valence-electron chi connectivity index (χ0n) is 8.72. The summed E-state index contributed by atoms with van der Waals surface area (Å²) in [7, 11) is 0. The van der Waals surface area contributed by atoms with E-state index in [0.29, 0.717) is 0 Å². The van der Waals surface area contributed by atoms with Gasteiger partial charge in [0, 0.05) is 0 Å². The normalized spacial score (nSPS) is 19.7. The third kappa shape index (κ3) is 2.83. The van der Waals surface area contributed by atoms with Crippen LogP contribution in [0.25, 0.3) is 0 Å². The standard InChI is InChI=1S/C9H16FNO3/c1-8(2,3)14-7(12)11-9(4-10)5-13-6-9/h4-6H2,1-3H3,(H,11,12). The van der Waals surface area contributed by atoms with E-state index >= 15 is 0 Å². The zero-order chi connectivity index (χ0) is 10.8. The van der Waals surface area contributed by atoms with Crippen LogP contribution in [0.1, 0.15) is 20.8 Å². The molecule has 0 aliphatic carbocycles. The summed E-state index contributed by atoms with van der Waals surface area (Å²) < 4.78 is 22.4. The Morgan fingerprint density at radius 2 is 2.14 bits per heavy atom. The first kappa shape index (κ1) is 11.2. The van der Waals surface area contributed by atoms with Crippen LogP contribution < -0.4 is 5.32 Å². The largest absolute Gasteiger partial charge is 0.444 e. The Kier molecular flexibility index (Phi) is 2.99. The number of carbonyl (C=O) groups excluding carboxylic acids is 1. The maximum Gasteiger partial charge on any atom is 0.408 e. The number of alkyl carbamates (subject to hydrolysis) is 1. The van der Waals surface area contributed by atoms with E-state index < -0.39 is 23.9 Å². The summed E-state index contributed by atoms with van der Waals surface area (Å²) in [6.45, 7) is 5.06. The van der Waals surface area contributed by atoms with Gasteiger partial charge in [-0.3, -0.25) is 0 Å². The fraction of sp³-hybridized carbons (Fsp3) is 0.889. The van der Waals surface area contributed by atoms with Crippen LogP contribution in [0.3, 0.4) is 0 Å². The van der Waals surface area contributed by atoms with Gasteiger partial charge < -0.3 is 14.8 Å². The summed E-state index contributed by atoms with van der Waals surface area (Å²) in [6.07, 6.45) is -0.599. The Bertz CT molecular complexity index is 215. The molecule has 1 heterocycles. The molecule has 1 aliphatic heterocycles. The van der Waals surface area contributed by atoms with Gasteiger partial charge in [-0.2, -0.15) is 0 Å². The Morgan fingerprint density at radius 3 is 2.43 bits per heavy atom. The molecule has 1 saturated heterocycles. The molecule has 0 saturated carbocycles. The molecule has 0 unspecified atom stereocenters. The quantitative estimate of drug-likeness (QED) is 0.738. The molecule has 0 aromatic carbocycles. The van der Waals surface area contributed by atoms with Crippen LogP contribution in [0.15, 0.2) is 0 Å². The molecule has 1 rings (SSSR count). The summed E-state index contributed by atoms with van der Waals surface area (Å²) in [5.41, 5.74) is -1.42. The highest BCUT2D eigenvalue weighted by atomic mass is 19.1. The molecule has 4 nitrogen and oxygen atoms in total. The second kappa shape index (κ2) is 3.73. The number of hydrogen-bond acceptors (Lipinski definition) is 3. The van der Waals surface area contributed by atoms with Gasteiger partial charge >= 0.3 is 6.09 Å². The molecule has 0 bridgehead atoms. The van der Waals surface area contributed by atoms with Gasteiger partial charge in [0.2, 0.25) is 0 Å². The molecule has 0 spiro atoms. The van der Waals surface area contributed by atoms with Gasteiger partial charge in [0.05, 0.1) is 13.2 Å². The lowest BCUT2D eigenvalue weighted by Gasteiger charge is -2.39.